The first kappa shape index (κ1) is 22.2. The third-order valence-electron chi connectivity index (χ3n) is 2.84. The molecule has 5 atom stereocenters. The average Bonchev–Trinajstić information content (AvgIpc) is 2.40. The smallest absolute Gasteiger partial charge is 0.335 e. The summed E-state index contributed by atoms with van der Waals surface area (Å²) in [5.74, 6) is -2.60. The van der Waals surface area contributed by atoms with Gasteiger partial charge in [0.1, 0.15) is 6.10 Å². The van der Waals surface area contributed by atoms with Crippen molar-refractivity contribution in [2.45, 2.75) is 38.8 Å². The first-order chi connectivity index (χ1) is 9.22. The minimum Gasteiger partial charge on any atom is -0.479 e. The van der Waals surface area contributed by atoms with Crippen LogP contribution in [0.15, 0.2) is 0 Å². The number of Topliss-reactive ketones (excluding diaryl/α,β-unsaturated/α-hetero) is 1. The van der Waals surface area contributed by atoms with Crippen molar-refractivity contribution in [2.75, 3.05) is 19.7 Å². The molecule has 126 valence electrons. The number of aliphatic carboxylic acids is 1. The minimum absolute atomic E-state index is 0. The first-order valence-corrected chi connectivity index (χ1v) is 5.99. The molecule has 1 aliphatic heterocycles. The van der Waals surface area contributed by atoms with Crippen LogP contribution in [0, 0.1) is 5.92 Å². The van der Waals surface area contributed by atoms with Gasteiger partial charge in [-0.25, -0.2) is 4.79 Å². The third-order valence-corrected chi connectivity index (χ3v) is 2.84. The molecular weight excluding hydrogens is 286 g/mol. The van der Waals surface area contributed by atoms with Crippen LogP contribution >= 0.6 is 0 Å². The molecule has 9 heteroatoms. The van der Waals surface area contributed by atoms with Gasteiger partial charge >= 0.3 is 5.97 Å². The topological polar surface area (TPSA) is 168 Å². The second-order valence-electron chi connectivity index (χ2n) is 4.50. The summed E-state index contributed by atoms with van der Waals surface area (Å²) < 4.78 is 0. The fraction of sp³-hybridized carbons (Fsp3) is 0.833. The Morgan fingerprint density at radius 1 is 1.19 bits per heavy atom. The van der Waals surface area contributed by atoms with Crippen LogP contribution in [0.1, 0.15) is 14.4 Å². The summed E-state index contributed by atoms with van der Waals surface area (Å²) in [6.07, 6.45) is -5.34. The highest BCUT2D eigenvalue weighted by Gasteiger charge is 2.29. The zero-order valence-corrected chi connectivity index (χ0v) is 11.0. The summed E-state index contributed by atoms with van der Waals surface area (Å²) in [4.78, 5) is 20.1. The second-order valence-corrected chi connectivity index (χ2v) is 4.50. The minimum atomic E-state index is -2.02. The normalized spacial score (nSPS) is 27.4. The molecule has 0 aromatic carbocycles. The second kappa shape index (κ2) is 10.6. The van der Waals surface area contributed by atoms with Crippen LogP contribution in [0.5, 0.6) is 0 Å². The van der Waals surface area contributed by atoms with E-state index in [0.29, 0.717) is 13.1 Å². The van der Waals surface area contributed by atoms with Crippen molar-refractivity contribution in [3.05, 3.63) is 0 Å². The number of aliphatic hydroxyl groups excluding tert-OH is 5. The van der Waals surface area contributed by atoms with Gasteiger partial charge in [-0.05, 0) is 6.92 Å². The lowest BCUT2D eigenvalue weighted by molar-refractivity contribution is -0.156. The number of aliphatic hydroxyl groups is 5. The largest absolute Gasteiger partial charge is 0.479 e. The van der Waals surface area contributed by atoms with Gasteiger partial charge in [0.25, 0.3) is 0 Å². The van der Waals surface area contributed by atoms with Crippen LogP contribution in [-0.2, 0) is 9.59 Å². The standard InChI is InChI=1S/C6H13NO3.C5H8O5.CH4/c8-3-4-1-7-2-5(9)6(4)10;1-2(6)3(7)4(8)5(9)10;/h4-10H,1-3H2;3-4,7-8H,1H3,(H,9,10);1H4/t4-,5-,6-;;/m1../s1. The van der Waals surface area contributed by atoms with E-state index in [1.807, 2.05) is 0 Å². The molecule has 0 saturated carbocycles. The number of rotatable bonds is 4. The summed E-state index contributed by atoms with van der Waals surface area (Å²) in [7, 11) is 0. The van der Waals surface area contributed by atoms with E-state index in [4.69, 9.17) is 25.5 Å². The Bertz CT molecular complexity index is 306. The van der Waals surface area contributed by atoms with Gasteiger partial charge in [-0.15, -0.1) is 0 Å². The molecule has 0 aliphatic carbocycles. The predicted octanol–water partition coefficient (Wildman–Crippen LogP) is -3.06. The molecule has 0 amide bonds. The molecule has 1 fully saturated rings. The van der Waals surface area contributed by atoms with E-state index in [0.717, 1.165) is 6.92 Å². The zero-order chi connectivity index (χ0) is 15.9. The summed E-state index contributed by atoms with van der Waals surface area (Å²) in [6.45, 7) is 1.91. The van der Waals surface area contributed by atoms with Crippen LogP contribution in [-0.4, -0.2) is 86.5 Å². The molecule has 0 bridgehead atoms. The molecule has 1 rings (SSSR count). The van der Waals surface area contributed by atoms with Crippen LogP contribution in [0.4, 0.5) is 0 Å². The quantitative estimate of drug-likeness (QED) is 0.285. The van der Waals surface area contributed by atoms with E-state index in [1.54, 1.807) is 0 Å². The lowest BCUT2D eigenvalue weighted by atomic mass is 9.95. The summed E-state index contributed by atoms with van der Waals surface area (Å²) in [5.41, 5.74) is 0. The van der Waals surface area contributed by atoms with Gasteiger partial charge in [0.15, 0.2) is 11.9 Å². The third kappa shape index (κ3) is 7.46. The van der Waals surface area contributed by atoms with Gasteiger partial charge in [0.05, 0.1) is 12.2 Å². The molecule has 21 heavy (non-hydrogen) atoms. The van der Waals surface area contributed by atoms with Gasteiger partial charge in [-0.2, -0.15) is 0 Å². The van der Waals surface area contributed by atoms with Crippen molar-refractivity contribution >= 4 is 11.8 Å². The van der Waals surface area contributed by atoms with E-state index in [-0.39, 0.29) is 20.0 Å². The molecule has 0 aromatic rings. The van der Waals surface area contributed by atoms with E-state index in [2.05, 4.69) is 5.32 Å². The maximum absolute atomic E-state index is 10.2. The highest BCUT2D eigenvalue weighted by atomic mass is 16.4. The molecule has 1 heterocycles. The lowest BCUT2D eigenvalue weighted by Gasteiger charge is -2.30. The molecule has 1 saturated heterocycles. The number of β-amino-alcohol motifs (C(OH)–C–C–N with tert-alkyl or cyclic N) is 1. The van der Waals surface area contributed by atoms with Gasteiger partial charge in [-0.3, -0.25) is 4.79 Å². The molecule has 7 N–H and O–H groups in total. The van der Waals surface area contributed by atoms with E-state index in [9.17, 15) is 14.7 Å². The number of carbonyl (C=O) groups is 2. The summed E-state index contributed by atoms with van der Waals surface area (Å²) >= 11 is 0. The van der Waals surface area contributed by atoms with Gasteiger partial charge < -0.3 is 36.0 Å². The number of carboxylic acid groups (broad SMARTS) is 1. The highest BCUT2D eigenvalue weighted by Crippen LogP contribution is 2.10. The number of ketones is 1. The van der Waals surface area contributed by atoms with E-state index >= 15 is 0 Å². The van der Waals surface area contributed by atoms with Gasteiger partial charge in [0.2, 0.25) is 0 Å². The van der Waals surface area contributed by atoms with Crippen molar-refractivity contribution in [1.29, 1.82) is 0 Å². The van der Waals surface area contributed by atoms with E-state index < -0.39 is 36.2 Å². The van der Waals surface area contributed by atoms with Gasteiger partial charge in [-0.1, -0.05) is 7.43 Å². The monoisotopic (exact) mass is 311 g/mol. The SMILES string of the molecule is C.CC(=O)C(O)C(O)C(=O)O.OC[C@H]1CNC[C@@H](O)[C@@H]1O. The molecular formula is C12H25NO8. The molecule has 1 aliphatic rings. The summed E-state index contributed by atoms with van der Waals surface area (Å²) in [5, 5.41) is 54.9. The number of carboxylic acids is 1. The molecule has 0 aromatic heterocycles. The number of hydrogen-bond acceptors (Lipinski definition) is 8. The van der Waals surface area contributed by atoms with Crippen molar-refractivity contribution < 1.29 is 40.2 Å². The Balaban J connectivity index is 0. The fourth-order valence-corrected chi connectivity index (χ4v) is 1.50. The predicted molar refractivity (Wildman–Crippen MR) is 72.5 cm³/mol. The number of carbonyl (C=O) groups excluding carboxylic acids is 1. The van der Waals surface area contributed by atoms with E-state index in [1.165, 1.54) is 0 Å². The Morgan fingerprint density at radius 2 is 1.71 bits per heavy atom. The Hall–Kier alpha value is -1.10. The van der Waals surface area contributed by atoms with Crippen LogP contribution in [0.25, 0.3) is 0 Å². The van der Waals surface area contributed by atoms with Gasteiger partial charge in [0, 0.05) is 25.6 Å². The van der Waals surface area contributed by atoms with Crippen molar-refractivity contribution in [2.24, 2.45) is 5.92 Å². The molecule has 2 unspecified atom stereocenters. The molecule has 9 nitrogen and oxygen atoms in total. The maximum atomic E-state index is 10.2. The maximum Gasteiger partial charge on any atom is 0.335 e. The van der Waals surface area contributed by atoms with Crippen molar-refractivity contribution in [1.82, 2.24) is 5.32 Å². The number of piperidine rings is 1. The molecule has 0 spiro atoms. The lowest BCUT2D eigenvalue weighted by Crippen LogP contribution is -2.51. The van der Waals surface area contributed by atoms with Crippen molar-refractivity contribution in [3.8, 4) is 0 Å². The summed E-state index contributed by atoms with van der Waals surface area (Å²) in [6, 6.07) is 0. The average molecular weight is 311 g/mol. The van der Waals surface area contributed by atoms with Crippen LogP contribution < -0.4 is 5.32 Å². The number of hydrogen-bond donors (Lipinski definition) is 7. The van der Waals surface area contributed by atoms with Crippen molar-refractivity contribution in [3.63, 3.8) is 0 Å². The number of nitrogens with one attached hydrogen (secondary N) is 1. The van der Waals surface area contributed by atoms with Crippen LogP contribution in [0.3, 0.4) is 0 Å². The van der Waals surface area contributed by atoms with Crippen LogP contribution in [0.2, 0.25) is 0 Å². The highest BCUT2D eigenvalue weighted by molar-refractivity contribution is 5.87. The molecule has 0 radical (unpaired) electrons. The first-order valence-electron chi connectivity index (χ1n) is 5.99. The fourth-order valence-electron chi connectivity index (χ4n) is 1.50. The Labute approximate surface area is 122 Å². The Morgan fingerprint density at radius 3 is 2.00 bits per heavy atom. The Kier molecular flexibility index (Phi) is 11.2. The zero-order valence-electron chi connectivity index (χ0n) is 11.0.